The number of likely N-dealkylation sites (N-methyl/N-ethyl adjacent to an activating group) is 1. The van der Waals surface area contributed by atoms with E-state index in [1.54, 1.807) is 45.2 Å². The number of hydrogen-bond acceptors (Lipinski definition) is 9. The summed E-state index contributed by atoms with van der Waals surface area (Å²) in [5.41, 5.74) is 10.4. The van der Waals surface area contributed by atoms with Gasteiger partial charge in [-0.05, 0) is 96.2 Å². The fourth-order valence-electron chi connectivity index (χ4n) is 5.37. The first-order valence-electron chi connectivity index (χ1n) is 15.3. The second-order valence-corrected chi connectivity index (χ2v) is 13.4. The zero-order chi connectivity index (χ0) is 35.1. The number of benzene rings is 1. The lowest BCUT2D eigenvalue weighted by atomic mass is 10.0. The molecule has 1 aliphatic heterocycles. The molecule has 2 heterocycles. The quantitative estimate of drug-likeness (QED) is 0.258. The summed E-state index contributed by atoms with van der Waals surface area (Å²) in [5.74, 6) is 0.287. The van der Waals surface area contributed by atoms with Crippen molar-refractivity contribution >= 4 is 50.9 Å². The highest BCUT2D eigenvalue weighted by atomic mass is 32.2. The van der Waals surface area contributed by atoms with Gasteiger partial charge in [0.2, 0.25) is 16.0 Å². The van der Waals surface area contributed by atoms with Crippen LogP contribution in [0.5, 0.6) is 0 Å². The molecule has 13 heteroatoms. The van der Waals surface area contributed by atoms with Crippen LogP contribution in [-0.4, -0.2) is 85.0 Å². The van der Waals surface area contributed by atoms with Crippen molar-refractivity contribution in [3.63, 3.8) is 0 Å². The monoisotopic (exact) mass is 661 g/mol. The molecule has 1 aromatic heterocycles. The molecule has 1 atom stereocenters. The second kappa shape index (κ2) is 15.1. The van der Waals surface area contributed by atoms with E-state index in [9.17, 15) is 22.8 Å². The Bertz CT molecular complexity index is 1740. The number of nitrogens with zero attached hydrogens (tertiary/aromatic N) is 6. The summed E-state index contributed by atoms with van der Waals surface area (Å²) in [6.45, 7) is 16.7. The molecule has 2 aromatic rings. The van der Waals surface area contributed by atoms with E-state index < -0.39 is 27.6 Å². The van der Waals surface area contributed by atoms with Gasteiger partial charge in [-0.25, -0.2) is 23.1 Å². The molecule has 47 heavy (non-hydrogen) atoms. The van der Waals surface area contributed by atoms with Crippen molar-refractivity contribution in [2.24, 2.45) is 0 Å². The van der Waals surface area contributed by atoms with Crippen LogP contribution >= 0.6 is 0 Å². The number of Topliss-reactive ketones (excluding diaryl/α,β-unsaturated/α-hetero) is 1. The lowest BCUT2D eigenvalue weighted by Crippen LogP contribution is -2.38. The first kappa shape index (κ1) is 36.6. The van der Waals surface area contributed by atoms with Gasteiger partial charge < -0.3 is 15.1 Å². The fraction of sp³-hybridized carbons (Fsp3) is 0.441. The predicted molar refractivity (Wildman–Crippen MR) is 184 cm³/mol. The molecule has 3 amide bonds. The van der Waals surface area contributed by atoms with E-state index in [-0.39, 0.29) is 35.6 Å². The van der Waals surface area contributed by atoms with E-state index in [0.29, 0.717) is 37.6 Å². The van der Waals surface area contributed by atoms with E-state index in [1.807, 2.05) is 18.7 Å². The van der Waals surface area contributed by atoms with Gasteiger partial charge in [0, 0.05) is 26.2 Å². The normalized spacial score (nSPS) is 15.1. The minimum absolute atomic E-state index is 0.166. The van der Waals surface area contributed by atoms with E-state index in [1.165, 1.54) is 27.2 Å². The van der Waals surface area contributed by atoms with Crippen molar-refractivity contribution in [2.45, 2.75) is 71.5 Å². The third-order valence-corrected chi connectivity index (χ3v) is 9.32. The molecule has 250 valence electrons. The molecule has 2 aliphatic rings. The Balaban J connectivity index is 0.000000913. The number of anilines is 4. The average Bonchev–Trinajstić information content (AvgIpc) is 3.80. The van der Waals surface area contributed by atoms with Crippen LogP contribution in [0.3, 0.4) is 0 Å². The van der Waals surface area contributed by atoms with Gasteiger partial charge in [-0.3, -0.25) is 13.9 Å². The molecule has 1 saturated heterocycles. The third kappa shape index (κ3) is 8.10. The van der Waals surface area contributed by atoms with Crippen LogP contribution in [0.1, 0.15) is 53.0 Å². The molecule has 1 aliphatic carbocycles. The molecule has 2 fully saturated rings. The van der Waals surface area contributed by atoms with E-state index in [2.05, 4.69) is 51.4 Å². The summed E-state index contributed by atoms with van der Waals surface area (Å²) >= 11 is 0. The minimum Gasteiger partial charge on any atom is -0.358 e. The number of nitrogens with one attached hydrogen (secondary N) is 1. The Morgan fingerprint density at radius 1 is 1.09 bits per heavy atom. The van der Waals surface area contributed by atoms with Crippen LogP contribution in [0.15, 0.2) is 66.5 Å². The molecule has 4 rings (SSSR count). The summed E-state index contributed by atoms with van der Waals surface area (Å²) < 4.78 is 26.7. The van der Waals surface area contributed by atoms with E-state index in [0.717, 1.165) is 11.8 Å². The van der Waals surface area contributed by atoms with Gasteiger partial charge in [-0.2, -0.15) is 4.98 Å². The number of urea groups is 1. The fourth-order valence-corrected chi connectivity index (χ4v) is 6.62. The second-order valence-electron chi connectivity index (χ2n) is 11.5. The summed E-state index contributed by atoms with van der Waals surface area (Å²) in [5, 5.41) is 3.20. The zero-order valence-corrected chi connectivity index (χ0v) is 28.9. The van der Waals surface area contributed by atoms with Gasteiger partial charge in [0.15, 0.2) is 11.6 Å². The van der Waals surface area contributed by atoms with Gasteiger partial charge in [-0.15, -0.1) is 0 Å². The number of imide groups is 1. The van der Waals surface area contributed by atoms with Gasteiger partial charge in [-0.1, -0.05) is 23.6 Å². The van der Waals surface area contributed by atoms with Gasteiger partial charge in [0.1, 0.15) is 11.2 Å². The maximum Gasteiger partial charge on any atom is 0.332 e. The third-order valence-electron chi connectivity index (χ3n) is 7.99. The van der Waals surface area contributed by atoms with Crippen LogP contribution < -0.4 is 19.4 Å². The van der Waals surface area contributed by atoms with Crippen molar-refractivity contribution in [2.75, 3.05) is 45.8 Å². The minimum atomic E-state index is -3.68. The number of carbonyl (C=O) groups excluding carboxylic acids is 3. The van der Waals surface area contributed by atoms with E-state index in [4.69, 9.17) is 0 Å². The number of ketones is 1. The van der Waals surface area contributed by atoms with Crippen molar-refractivity contribution in [1.29, 1.82) is 0 Å². The molecule has 1 N–H and O–H groups in total. The Labute approximate surface area is 277 Å². The number of carbonyl (C=O) groups is 3. The largest absolute Gasteiger partial charge is 0.358 e. The number of hydrogen-bond donors (Lipinski definition) is 1. The van der Waals surface area contributed by atoms with Crippen LogP contribution in [0.4, 0.5) is 27.9 Å². The topological polar surface area (TPSA) is 136 Å². The van der Waals surface area contributed by atoms with Crippen LogP contribution in [0, 0.1) is 0 Å². The Kier molecular flexibility index (Phi) is 11.8. The first-order chi connectivity index (χ1) is 22.2. The maximum absolute atomic E-state index is 12.9. The van der Waals surface area contributed by atoms with Crippen LogP contribution in [-0.2, 0) is 26.0 Å². The molecule has 1 aromatic carbocycles. The molecule has 0 unspecified atom stereocenters. The number of sulfonamides is 1. The summed E-state index contributed by atoms with van der Waals surface area (Å²) in [6, 6.07) is 5.48. The van der Waals surface area contributed by atoms with Crippen molar-refractivity contribution in [1.82, 2.24) is 14.9 Å². The summed E-state index contributed by atoms with van der Waals surface area (Å²) in [7, 11) is -2.02. The predicted octanol–water partition coefficient (Wildman–Crippen LogP) is 4.46. The first-order valence-corrected chi connectivity index (χ1v) is 17.1. The summed E-state index contributed by atoms with van der Waals surface area (Å²) in [4.78, 5) is 52.3. The molecule has 1 saturated carbocycles. The molecule has 1 spiro atoms. The van der Waals surface area contributed by atoms with E-state index >= 15 is 0 Å². The highest BCUT2D eigenvalue weighted by Crippen LogP contribution is 2.48. The Morgan fingerprint density at radius 2 is 1.66 bits per heavy atom. The number of amides is 3. The Morgan fingerprint density at radius 3 is 2.09 bits per heavy atom. The van der Waals surface area contributed by atoms with Crippen LogP contribution in [0.2, 0.25) is 0 Å². The van der Waals surface area contributed by atoms with Crippen molar-refractivity contribution < 1.29 is 22.8 Å². The van der Waals surface area contributed by atoms with Crippen molar-refractivity contribution in [3.8, 4) is 0 Å². The molecular formula is C34H43N7O5S. The van der Waals surface area contributed by atoms with Gasteiger partial charge in [0.25, 0.3) is 5.91 Å². The lowest BCUT2D eigenvalue weighted by molar-refractivity contribution is -0.120. The molecule has 12 nitrogen and oxygen atoms in total. The summed E-state index contributed by atoms with van der Waals surface area (Å²) in [6.07, 6.45) is 4.21. The number of aromatic nitrogens is 2. The highest BCUT2D eigenvalue weighted by molar-refractivity contribution is 7.92. The highest BCUT2D eigenvalue weighted by Gasteiger charge is 2.63. The molecule has 0 radical (unpaired) electrons. The van der Waals surface area contributed by atoms with Crippen molar-refractivity contribution in [3.05, 3.63) is 72.1 Å². The number of rotatable bonds is 12. The van der Waals surface area contributed by atoms with Crippen LogP contribution in [0.25, 0.3) is 0 Å². The molecule has 0 bridgehead atoms. The van der Waals surface area contributed by atoms with Gasteiger partial charge in [0.05, 0.1) is 24.2 Å². The smallest absolute Gasteiger partial charge is 0.332 e. The average molecular weight is 662 g/mol. The standard InChI is InChI=1S/C28H39N7O5S.C6H4/c1-8-33(9-2)26-29-17-23(35(18(3)4)41(7,39)40)24(31-26)30-22(19(5)36)16-20-10-12-21(13-11-20)34-25(37)28(14-15-28)32(6)27(34)38;1-3-5-6-4-2/h10-13,17-18,22H,8-9,14-16H2,1-7H3,(H,29,30,31);1-2H2/t22-;/m0./s1. The molecular weight excluding hydrogens is 618 g/mol. The maximum atomic E-state index is 12.9. The SMILES string of the molecule is C=C=C=C=C=C.CCN(CC)c1ncc(N(C(C)C)S(C)(=O)=O)c(N[C@@H](Cc2ccc(N3C(=O)N(C)C4(CC4)C3=O)cc2)C(C)=O)n1. The lowest BCUT2D eigenvalue weighted by Gasteiger charge is -2.30. The Hall–Kier alpha value is -4.88. The van der Waals surface area contributed by atoms with Gasteiger partial charge >= 0.3 is 6.03 Å². The zero-order valence-electron chi connectivity index (χ0n) is 28.1.